The minimum Gasteiger partial charge on any atom is -0.322 e. The smallest absolute Gasteiger partial charge is 0.278 e. The fraction of sp³-hybridized carbons (Fsp3) is 0.0370. The largest absolute Gasteiger partial charge is 0.322 e. The van der Waals surface area contributed by atoms with Gasteiger partial charge in [0.05, 0.1) is 5.69 Å². The maximum atomic E-state index is 13.5. The quantitative estimate of drug-likeness (QED) is 0.382. The van der Waals surface area contributed by atoms with Crippen LogP contribution in [0.15, 0.2) is 102 Å². The molecule has 34 heavy (non-hydrogen) atoms. The van der Waals surface area contributed by atoms with Crippen molar-refractivity contribution in [3.05, 3.63) is 129 Å². The molecule has 0 aliphatic rings. The van der Waals surface area contributed by atoms with Crippen molar-refractivity contribution in [2.24, 2.45) is 0 Å². The van der Waals surface area contributed by atoms with Crippen LogP contribution in [0.1, 0.15) is 21.6 Å². The SMILES string of the molecule is O=C(Nc1cccc(-n2c(=O)c(Cc3ccccc3)nc3cccnc32)c1)c1ccc(Cl)cc1. The molecule has 0 fully saturated rings. The van der Waals surface area contributed by atoms with Crippen molar-refractivity contribution in [2.75, 3.05) is 5.32 Å². The Morgan fingerprint density at radius 3 is 2.50 bits per heavy atom. The molecule has 0 bridgehead atoms. The van der Waals surface area contributed by atoms with E-state index in [-0.39, 0.29) is 11.5 Å². The number of carbonyl (C=O) groups excluding carboxylic acids is 1. The molecule has 2 aromatic heterocycles. The number of halogens is 1. The third-order valence-corrected chi connectivity index (χ3v) is 5.62. The molecular weight excluding hydrogens is 448 g/mol. The Labute approximate surface area is 200 Å². The number of amides is 1. The molecule has 0 saturated heterocycles. The summed E-state index contributed by atoms with van der Waals surface area (Å²) in [6, 6.07) is 27.1. The molecule has 1 N–H and O–H groups in total. The number of hydrogen-bond acceptors (Lipinski definition) is 4. The lowest BCUT2D eigenvalue weighted by Crippen LogP contribution is -2.25. The van der Waals surface area contributed by atoms with Crippen molar-refractivity contribution in [3.8, 4) is 5.69 Å². The molecule has 6 nitrogen and oxygen atoms in total. The molecule has 0 atom stereocenters. The minimum atomic E-state index is -0.274. The van der Waals surface area contributed by atoms with E-state index in [4.69, 9.17) is 11.6 Å². The Bertz CT molecular complexity index is 1550. The summed E-state index contributed by atoms with van der Waals surface area (Å²) in [7, 11) is 0. The number of hydrogen-bond donors (Lipinski definition) is 1. The first kappa shape index (κ1) is 21.6. The number of rotatable bonds is 5. The first-order chi connectivity index (χ1) is 16.6. The number of carbonyl (C=O) groups is 1. The van der Waals surface area contributed by atoms with Crippen LogP contribution >= 0.6 is 11.6 Å². The van der Waals surface area contributed by atoms with Gasteiger partial charge in [0.1, 0.15) is 11.2 Å². The molecule has 1 amide bonds. The van der Waals surface area contributed by atoms with Gasteiger partial charge in [0.25, 0.3) is 11.5 Å². The first-order valence-corrected chi connectivity index (χ1v) is 11.0. The highest BCUT2D eigenvalue weighted by molar-refractivity contribution is 6.30. The van der Waals surface area contributed by atoms with E-state index in [0.29, 0.717) is 45.2 Å². The zero-order valence-electron chi connectivity index (χ0n) is 18.0. The van der Waals surface area contributed by atoms with Gasteiger partial charge < -0.3 is 5.32 Å². The normalized spacial score (nSPS) is 10.9. The molecule has 3 aromatic carbocycles. The van der Waals surface area contributed by atoms with E-state index in [1.54, 1.807) is 65.4 Å². The van der Waals surface area contributed by atoms with Gasteiger partial charge in [0.2, 0.25) is 0 Å². The van der Waals surface area contributed by atoms with Gasteiger partial charge in [-0.05, 0) is 60.2 Å². The van der Waals surface area contributed by atoms with Gasteiger partial charge in [0, 0.05) is 28.9 Å². The molecule has 7 heteroatoms. The van der Waals surface area contributed by atoms with Gasteiger partial charge in [-0.25, -0.2) is 9.97 Å². The number of aromatic nitrogens is 3. The van der Waals surface area contributed by atoms with Crippen LogP contribution in [-0.4, -0.2) is 20.4 Å². The van der Waals surface area contributed by atoms with Crippen LogP contribution in [0, 0.1) is 0 Å². The van der Waals surface area contributed by atoms with Crippen molar-refractivity contribution < 1.29 is 4.79 Å². The van der Waals surface area contributed by atoms with E-state index in [1.807, 2.05) is 36.4 Å². The fourth-order valence-corrected chi connectivity index (χ4v) is 3.86. The minimum absolute atomic E-state index is 0.253. The highest BCUT2D eigenvalue weighted by Crippen LogP contribution is 2.19. The van der Waals surface area contributed by atoms with E-state index < -0.39 is 0 Å². The van der Waals surface area contributed by atoms with Gasteiger partial charge in [0.15, 0.2) is 5.65 Å². The maximum Gasteiger partial charge on any atom is 0.278 e. The van der Waals surface area contributed by atoms with Gasteiger partial charge >= 0.3 is 0 Å². The number of nitrogens with one attached hydrogen (secondary N) is 1. The van der Waals surface area contributed by atoms with Gasteiger partial charge in [-0.3, -0.25) is 14.2 Å². The second-order valence-electron chi connectivity index (χ2n) is 7.72. The standard InChI is InChI=1S/C27H19ClN4O2/c28-20-13-11-19(12-14-20)26(33)30-21-8-4-9-22(17-21)32-25-23(10-5-15-29-25)31-24(27(32)34)16-18-6-2-1-3-7-18/h1-15,17H,16H2,(H,30,33). The molecule has 166 valence electrons. The second-order valence-corrected chi connectivity index (χ2v) is 8.16. The maximum absolute atomic E-state index is 13.5. The summed E-state index contributed by atoms with van der Waals surface area (Å²) in [5.41, 5.74) is 3.83. The molecule has 0 spiro atoms. The third kappa shape index (κ3) is 4.44. The Morgan fingerprint density at radius 1 is 0.912 bits per heavy atom. The highest BCUT2D eigenvalue weighted by Gasteiger charge is 2.15. The lowest BCUT2D eigenvalue weighted by atomic mass is 10.1. The Hall–Kier alpha value is -4.29. The zero-order valence-corrected chi connectivity index (χ0v) is 18.7. The molecule has 0 saturated carbocycles. The predicted octanol–water partition coefficient (Wildman–Crippen LogP) is 5.28. The highest BCUT2D eigenvalue weighted by atomic mass is 35.5. The lowest BCUT2D eigenvalue weighted by molar-refractivity contribution is 0.102. The molecule has 0 unspecified atom stereocenters. The predicted molar refractivity (Wildman–Crippen MR) is 134 cm³/mol. The van der Waals surface area contributed by atoms with Crippen molar-refractivity contribution in [1.29, 1.82) is 0 Å². The number of nitrogens with zero attached hydrogens (tertiary/aromatic N) is 3. The Morgan fingerprint density at radius 2 is 1.71 bits per heavy atom. The average molecular weight is 467 g/mol. The summed E-state index contributed by atoms with van der Waals surface area (Å²) in [6.45, 7) is 0. The molecule has 5 rings (SSSR count). The van der Waals surface area contributed by atoms with Crippen molar-refractivity contribution in [3.63, 3.8) is 0 Å². The molecule has 5 aromatic rings. The number of anilines is 1. The van der Waals surface area contributed by atoms with Crippen LogP contribution in [0.2, 0.25) is 5.02 Å². The summed E-state index contributed by atoms with van der Waals surface area (Å²) < 4.78 is 1.54. The van der Waals surface area contributed by atoms with E-state index in [2.05, 4.69) is 15.3 Å². The lowest BCUT2D eigenvalue weighted by Gasteiger charge is -2.13. The molecular formula is C27H19ClN4O2. The summed E-state index contributed by atoms with van der Waals surface area (Å²) in [6.07, 6.45) is 2.03. The van der Waals surface area contributed by atoms with Crippen molar-refractivity contribution >= 4 is 34.4 Å². The molecule has 0 radical (unpaired) electrons. The van der Waals surface area contributed by atoms with Crippen LogP contribution in [-0.2, 0) is 6.42 Å². The fourth-order valence-electron chi connectivity index (χ4n) is 3.74. The van der Waals surface area contributed by atoms with Crippen LogP contribution < -0.4 is 10.9 Å². The van der Waals surface area contributed by atoms with E-state index in [0.717, 1.165) is 5.56 Å². The topological polar surface area (TPSA) is 76.9 Å². The summed E-state index contributed by atoms with van der Waals surface area (Å²) in [5.74, 6) is -0.274. The average Bonchev–Trinajstić information content (AvgIpc) is 2.86. The Kier molecular flexibility index (Phi) is 5.89. The van der Waals surface area contributed by atoms with Gasteiger partial charge in [-0.2, -0.15) is 0 Å². The first-order valence-electron chi connectivity index (χ1n) is 10.7. The zero-order chi connectivity index (χ0) is 23.5. The number of benzene rings is 3. The van der Waals surface area contributed by atoms with Gasteiger partial charge in [-0.1, -0.05) is 48.0 Å². The van der Waals surface area contributed by atoms with Crippen LogP contribution in [0.4, 0.5) is 5.69 Å². The summed E-state index contributed by atoms with van der Waals surface area (Å²) >= 11 is 5.92. The van der Waals surface area contributed by atoms with E-state index in [9.17, 15) is 9.59 Å². The monoisotopic (exact) mass is 466 g/mol. The summed E-state index contributed by atoms with van der Waals surface area (Å²) in [4.78, 5) is 35.2. The van der Waals surface area contributed by atoms with E-state index >= 15 is 0 Å². The van der Waals surface area contributed by atoms with Crippen LogP contribution in [0.25, 0.3) is 16.9 Å². The molecule has 2 heterocycles. The molecule has 0 aliphatic heterocycles. The number of fused-ring (bicyclic) bond motifs is 1. The molecule has 0 aliphatic carbocycles. The van der Waals surface area contributed by atoms with Crippen LogP contribution in [0.3, 0.4) is 0 Å². The number of pyridine rings is 1. The summed E-state index contributed by atoms with van der Waals surface area (Å²) in [5, 5.41) is 3.43. The van der Waals surface area contributed by atoms with Gasteiger partial charge in [-0.15, -0.1) is 0 Å². The second kappa shape index (κ2) is 9.29. The van der Waals surface area contributed by atoms with Crippen molar-refractivity contribution in [2.45, 2.75) is 6.42 Å². The third-order valence-electron chi connectivity index (χ3n) is 5.37. The van der Waals surface area contributed by atoms with Crippen molar-refractivity contribution in [1.82, 2.24) is 14.5 Å². The Balaban J connectivity index is 1.56. The van der Waals surface area contributed by atoms with E-state index in [1.165, 1.54) is 0 Å². The van der Waals surface area contributed by atoms with Crippen LogP contribution in [0.5, 0.6) is 0 Å².